The quantitative estimate of drug-likeness (QED) is 0.802. The van der Waals surface area contributed by atoms with E-state index in [0.29, 0.717) is 0 Å². The molecule has 0 unspecified atom stereocenters. The van der Waals surface area contributed by atoms with Crippen molar-refractivity contribution in [3.63, 3.8) is 0 Å². The SMILES string of the molecule is COC(=O)Cc1ncc(Br)c(C(F)F)c1OC. The van der Waals surface area contributed by atoms with E-state index in [4.69, 9.17) is 4.74 Å². The largest absolute Gasteiger partial charge is 0.494 e. The summed E-state index contributed by atoms with van der Waals surface area (Å²) >= 11 is 2.97. The molecule has 1 aromatic rings. The second kappa shape index (κ2) is 5.90. The van der Waals surface area contributed by atoms with Crippen molar-refractivity contribution in [2.24, 2.45) is 0 Å². The minimum atomic E-state index is -2.72. The number of aromatic nitrogens is 1. The molecule has 4 nitrogen and oxygen atoms in total. The molecule has 1 aromatic heterocycles. The molecule has 0 saturated carbocycles. The molecule has 94 valence electrons. The van der Waals surface area contributed by atoms with E-state index < -0.39 is 12.4 Å². The molecule has 7 heteroatoms. The lowest BCUT2D eigenvalue weighted by molar-refractivity contribution is -0.139. The van der Waals surface area contributed by atoms with Crippen LogP contribution >= 0.6 is 15.9 Å². The summed E-state index contributed by atoms with van der Waals surface area (Å²) in [6, 6.07) is 0. The lowest BCUT2D eigenvalue weighted by Gasteiger charge is -2.13. The summed E-state index contributed by atoms with van der Waals surface area (Å²) < 4.78 is 35.1. The molecule has 0 radical (unpaired) electrons. The average Bonchev–Trinajstić information content (AvgIpc) is 2.30. The van der Waals surface area contributed by atoms with Crippen molar-refractivity contribution in [1.82, 2.24) is 4.98 Å². The van der Waals surface area contributed by atoms with Crippen LogP contribution in [0.25, 0.3) is 0 Å². The third kappa shape index (κ3) is 3.12. The van der Waals surface area contributed by atoms with Gasteiger partial charge in [0.25, 0.3) is 6.43 Å². The van der Waals surface area contributed by atoms with Crippen molar-refractivity contribution in [3.8, 4) is 5.75 Å². The van der Waals surface area contributed by atoms with Gasteiger partial charge in [0.1, 0.15) is 0 Å². The molecule has 1 heterocycles. The zero-order valence-corrected chi connectivity index (χ0v) is 10.8. The number of carbonyl (C=O) groups is 1. The molecule has 0 spiro atoms. The van der Waals surface area contributed by atoms with Crippen LogP contribution in [-0.4, -0.2) is 25.2 Å². The Balaban J connectivity index is 3.23. The van der Waals surface area contributed by atoms with Gasteiger partial charge in [-0.3, -0.25) is 9.78 Å². The van der Waals surface area contributed by atoms with Gasteiger partial charge in [0.2, 0.25) is 0 Å². The minimum absolute atomic E-state index is 0.0974. The van der Waals surface area contributed by atoms with Gasteiger partial charge in [0.15, 0.2) is 5.75 Å². The molecular weight excluding hydrogens is 300 g/mol. The summed E-state index contributed by atoms with van der Waals surface area (Å²) in [6.07, 6.45) is -1.73. The van der Waals surface area contributed by atoms with Crippen molar-refractivity contribution in [2.75, 3.05) is 14.2 Å². The van der Waals surface area contributed by atoms with Gasteiger partial charge in [-0.2, -0.15) is 0 Å². The minimum Gasteiger partial charge on any atom is -0.494 e. The van der Waals surface area contributed by atoms with E-state index in [1.807, 2.05) is 0 Å². The van der Waals surface area contributed by atoms with Gasteiger partial charge in [-0.25, -0.2) is 8.78 Å². The van der Waals surface area contributed by atoms with Crippen LogP contribution in [0.15, 0.2) is 10.7 Å². The van der Waals surface area contributed by atoms with Crippen molar-refractivity contribution in [2.45, 2.75) is 12.8 Å². The molecule has 0 aliphatic rings. The zero-order valence-electron chi connectivity index (χ0n) is 9.17. The topological polar surface area (TPSA) is 48.4 Å². The van der Waals surface area contributed by atoms with Gasteiger partial charge in [-0.05, 0) is 15.9 Å². The van der Waals surface area contributed by atoms with E-state index in [1.165, 1.54) is 20.4 Å². The molecule has 0 bridgehead atoms. The molecule has 0 fully saturated rings. The van der Waals surface area contributed by atoms with Gasteiger partial charge in [-0.1, -0.05) is 0 Å². The highest BCUT2D eigenvalue weighted by Crippen LogP contribution is 2.36. The third-order valence-corrected chi connectivity index (χ3v) is 2.69. The van der Waals surface area contributed by atoms with Crippen LogP contribution in [0, 0.1) is 0 Å². The molecular formula is C10H10BrF2NO3. The maximum atomic E-state index is 12.8. The van der Waals surface area contributed by atoms with Crippen LogP contribution in [0.3, 0.4) is 0 Å². The van der Waals surface area contributed by atoms with Crippen LogP contribution in [-0.2, 0) is 16.0 Å². The van der Waals surface area contributed by atoms with Crippen LogP contribution in [0.2, 0.25) is 0 Å². The smallest absolute Gasteiger partial charge is 0.311 e. The van der Waals surface area contributed by atoms with Crippen molar-refractivity contribution >= 4 is 21.9 Å². The fourth-order valence-corrected chi connectivity index (χ4v) is 1.75. The van der Waals surface area contributed by atoms with Gasteiger partial charge < -0.3 is 9.47 Å². The maximum absolute atomic E-state index is 12.8. The molecule has 17 heavy (non-hydrogen) atoms. The maximum Gasteiger partial charge on any atom is 0.311 e. The summed E-state index contributed by atoms with van der Waals surface area (Å²) in [5.74, 6) is -0.668. The number of hydrogen-bond donors (Lipinski definition) is 0. The number of carbonyl (C=O) groups excluding carboxylic acids is 1. The Morgan fingerprint density at radius 1 is 1.53 bits per heavy atom. The number of pyridine rings is 1. The fraction of sp³-hybridized carbons (Fsp3) is 0.400. The van der Waals surface area contributed by atoms with Crippen LogP contribution in [0.5, 0.6) is 5.75 Å². The Kier molecular flexibility index (Phi) is 4.80. The second-order valence-corrected chi connectivity index (χ2v) is 3.91. The highest BCUT2D eigenvalue weighted by Gasteiger charge is 2.23. The van der Waals surface area contributed by atoms with E-state index in [0.717, 1.165) is 0 Å². The molecule has 0 N–H and O–H groups in total. The molecule has 1 rings (SSSR count). The van der Waals surface area contributed by atoms with E-state index in [1.54, 1.807) is 0 Å². The molecule has 0 aromatic carbocycles. The standard InChI is InChI=1S/C10H10BrF2NO3/c1-16-7(15)3-6-9(17-2)8(10(12)13)5(11)4-14-6/h4,10H,3H2,1-2H3. The highest BCUT2D eigenvalue weighted by molar-refractivity contribution is 9.10. The molecule has 0 amide bonds. The Bertz CT molecular complexity index is 426. The van der Waals surface area contributed by atoms with Gasteiger partial charge in [-0.15, -0.1) is 0 Å². The summed E-state index contributed by atoms with van der Waals surface area (Å²) in [5.41, 5.74) is -0.195. The highest BCUT2D eigenvalue weighted by atomic mass is 79.9. The first kappa shape index (κ1) is 13.8. The van der Waals surface area contributed by atoms with E-state index in [2.05, 4.69) is 25.7 Å². The number of hydrogen-bond acceptors (Lipinski definition) is 4. The van der Waals surface area contributed by atoms with Crippen molar-refractivity contribution in [1.29, 1.82) is 0 Å². The van der Waals surface area contributed by atoms with Gasteiger partial charge in [0.05, 0.1) is 31.9 Å². The predicted octanol–water partition coefficient (Wildman–Crippen LogP) is 2.51. The summed E-state index contributed by atoms with van der Waals surface area (Å²) in [4.78, 5) is 15.0. The molecule has 0 atom stereocenters. The fourth-order valence-electron chi connectivity index (χ4n) is 1.29. The lowest BCUT2D eigenvalue weighted by Crippen LogP contribution is -2.09. The van der Waals surface area contributed by atoms with Crippen molar-refractivity contribution < 1.29 is 23.0 Å². The van der Waals surface area contributed by atoms with E-state index >= 15 is 0 Å². The lowest BCUT2D eigenvalue weighted by atomic mass is 10.1. The number of alkyl halides is 2. The zero-order chi connectivity index (χ0) is 13.0. The number of halogens is 3. The summed E-state index contributed by atoms with van der Waals surface area (Å²) in [6.45, 7) is 0. The first-order chi connectivity index (χ1) is 8.01. The molecule has 0 saturated heterocycles. The van der Waals surface area contributed by atoms with Gasteiger partial charge in [0, 0.05) is 10.7 Å². The van der Waals surface area contributed by atoms with E-state index in [9.17, 15) is 13.6 Å². The summed E-state index contributed by atoms with van der Waals surface area (Å²) in [7, 11) is 2.46. The molecule has 0 aliphatic carbocycles. The Morgan fingerprint density at radius 3 is 2.65 bits per heavy atom. The average molecular weight is 310 g/mol. The second-order valence-electron chi connectivity index (χ2n) is 3.05. The summed E-state index contributed by atoms with van der Waals surface area (Å²) in [5, 5.41) is 0. The molecule has 0 aliphatic heterocycles. The number of nitrogens with zero attached hydrogens (tertiary/aromatic N) is 1. The predicted molar refractivity (Wildman–Crippen MR) is 59.2 cm³/mol. The Labute approximate surface area is 105 Å². The normalized spacial score (nSPS) is 10.5. The van der Waals surface area contributed by atoms with Crippen LogP contribution in [0.4, 0.5) is 8.78 Å². The van der Waals surface area contributed by atoms with Crippen molar-refractivity contribution in [3.05, 3.63) is 21.9 Å². The monoisotopic (exact) mass is 309 g/mol. The van der Waals surface area contributed by atoms with Gasteiger partial charge >= 0.3 is 5.97 Å². The number of rotatable bonds is 4. The number of esters is 1. The third-order valence-electron chi connectivity index (χ3n) is 2.06. The number of ether oxygens (including phenoxy) is 2. The Morgan fingerprint density at radius 2 is 2.18 bits per heavy atom. The first-order valence-corrected chi connectivity index (χ1v) is 5.36. The Hall–Kier alpha value is -1.24. The first-order valence-electron chi connectivity index (χ1n) is 4.57. The van der Waals surface area contributed by atoms with Crippen LogP contribution in [0.1, 0.15) is 17.7 Å². The number of methoxy groups -OCH3 is 2. The van der Waals surface area contributed by atoms with E-state index in [-0.39, 0.29) is 27.9 Å². The van der Waals surface area contributed by atoms with Crippen LogP contribution < -0.4 is 4.74 Å².